The molecule has 0 aliphatic carbocycles. The molecular formula is C26H32N2O2S. The van der Waals surface area contributed by atoms with Crippen molar-refractivity contribution in [2.24, 2.45) is 0 Å². The number of piperidine rings is 1. The van der Waals surface area contributed by atoms with Crippen molar-refractivity contribution in [3.05, 3.63) is 59.2 Å². The minimum Gasteiger partial charge on any atom is -0.444 e. The van der Waals surface area contributed by atoms with E-state index in [0.717, 1.165) is 32.5 Å². The molecule has 0 N–H and O–H groups in total. The summed E-state index contributed by atoms with van der Waals surface area (Å²) in [6.07, 6.45) is 3.00. The van der Waals surface area contributed by atoms with Crippen molar-refractivity contribution < 1.29 is 9.53 Å². The van der Waals surface area contributed by atoms with Crippen LogP contribution in [0.25, 0.3) is 0 Å². The molecule has 31 heavy (non-hydrogen) atoms. The molecule has 4 nitrogen and oxygen atoms in total. The number of thioether (sulfide) groups is 1. The molecule has 3 aliphatic rings. The third-order valence-corrected chi connectivity index (χ3v) is 7.65. The summed E-state index contributed by atoms with van der Waals surface area (Å²) in [4.78, 5) is 18.8. The Morgan fingerprint density at radius 1 is 1.13 bits per heavy atom. The normalized spacial score (nSPS) is 22.5. The van der Waals surface area contributed by atoms with Crippen LogP contribution in [0.1, 0.15) is 56.2 Å². The third-order valence-electron chi connectivity index (χ3n) is 6.53. The molecule has 2 aromatic rings. The molecule has 1 amide bonds. The summed E-state index contributed by atoms with van der Waals surface area (Å²) >= 11 is 2.01. The van der Waals surface area contributed by atoms with E-state index in [-0.39, 0.29) is 6.09 Å². The van der Waals surface area contributed by atoms with Crippen LogP contribution in [0.3, 0.4) is 0 Å². The first kappa shape index (κ1) is 20.7. The molecule has 0 saturated carbocycles. The lowest BCUT2D eigenvalue weighted by Crippen LogP contribution is -2.49. The van der Waals surface area contributed by atoms with E-state index >= 15 is 0 Å². The van der Waals surface area contributed by atoms with Crippen molar-refractivity contribution in [2.75, 3.05) is 30.3 Å². The molecule has 2 atom stereocenters. The summed E-state index contributed by atoms with van der Waals surface area (Å²) < 4.78 is 5.69. The van der Waals surface area contributed by atoms with E-state index in [2.05, 4.69) is 47.4 Å². The lowest BCUT2D eigenvalue weighted by molar-refractivity contribution is 0.0189. The van der Waals surface area contributed by atoms with Gasteiger partial charge in [-0.3, -0.25) is 0 Å². The lowest BCUT2D eigenvalue weighted by Gasteiger charge is -2.39. The molecule has 5 rings (SSSR count). The molecule has 3 heterocycles. The van der Waals surface area contributed by atoms with Gasteiger partial charge >= 0.3 is 6.09 Å². The van der Waals surface area contributed by atoms with E-state index in [1.165, 1.54) is 39.4 Å². The second-order valence-corrected chi connectivity index (χ2v) is 11.1. The first-order valence-corrected chi connectivity index (χ1v) is 12.5. The maximum absolute atomic E-state index is 12.8. The van der Waals surface area contributed by atoms with Crippen molar-refractivity contribution in [1.29, 1.82) is 0 Å². The van der Waals surface area contributed by atoms with Crippen LogP contribution >= 0.6 is 11.8 Å². The first-order valence-electron chi connectivity index (χ1n) is 11.5. The monoisotopic (exact) mass is 436 g/mol. The van der Waals surface area contributed by atoms with Crippen LogP contribution < -0.4 is 4.90 Å². The zero-order valence-corrected chi connectivity index (χ0v) is 19.6. The average molecular weight is 437 g/mol. The first-order chi connectivity index (χ1) is 14.9. The van der Waals surface area contributed by atoms with Gasteiger partial charge in [0.15, 0.2) is 0 Å². The van der Waals surface area contributed by atoms with Gasteiger partial charge in [0.25, 0.3) is 0 Å². The number of hydrogen-bond acceptors (Lipinski definition) is 4. The number of carbonyl (C=O) groups is 1. The Kier molecular flexibility index (Phi) is 5.41. The van der Waals surface area contributed by atoms with Crippen LogP contribution in [-0.4, -0.2) is 48.0 Å². The van der Waals surface area contributed by atoms with E-state index in [9.17, 15) is 4.79 Å². The molecule has 0 aromatic heterocycles. The fraction of sp³-hybridized carbons (Fsp3) is 0.500. The summed E-state index contributed by atoms with van der Waals surface area (Å²) in [5.74, 6) is 1.54. The summed E-state index contributed by atoms with van der Waals surface area (Å²) in [5, 5.41) is 0. The summed E-state index contributed by atoms with van der Waals surface area (Å²) in [6, 6.07) is 16.1. The molecule has 0 radical (unpaired) electrons. The summed E-state index contributed by atoms with van der Waals surface area (Å²) in [5.41, 5.74) is 5.15. The van der Waals surface area contributed by atoms with Gasteiger partial charge in [0.05, 0.1) is 5.69 Å². The number of benzene rings is 2. The zero-order valence-electron chi connectivity index (χ0n) is 18.8. The second kappa shape index (κ2) is 8.09. The van der Waals surface area contributed by atoms with E-state index in [4.69, 9.17) is 4.74 Å². The van der Waals surface area contributed by atoms with Crippen LogP contribution in [0.2, 0.25) is 0 Å². The number of fused-ring (bicyclic) bond motifs is 3. The fourth-order valence-corrected chi connectivity index (χ4v) is 6.39. The summed E-state index contributed by atoms with van der Waals surface area (Å²) in [7, 11) is 0. The van der Waals surface area contributed by atoms with E-state index in [0.29, 0.717) is 12.0 Å². The molecule has 2 aromatic carbocycles. The Morgan fingerprint density at radius 2 is 1.94 bits per heavy atom. The standard InChI is InChI=1S/C26H32N2O2S/c1-26(2,3)30-25(29)27-12-10-22-21(17-27)20-15-19(14-18-8-5-4-6-9-18)16-23-24(20)28(22)11-7-13-31-23/h4-6,8-9,15-16,21-22H,7,10-14,17H2,1-3H3/t21-,22-/m0/s1. The zero-order chi connectivity index (χ0) is 21.6. The van der Waals surface area contributed by atoms with Crippen LogP contribution in [0, 0.1) is 0 Å². The van der Waals surface area contributed by atoms with Gasteiger partial charge in [-0.15, -0.1) is 11.8 Å². The Hall–Kier alpha value is -2.14. The highest BCUT2D eigenvalue weighted by Gasteiger charge is 2.45. The number of rotatable bonds is 2. The Labute approximate surface area is 189 Å². The van der Waals surface area contributed by atoms with Crippen molar-refractivity contribution in [3.8, 4) is 0 Å². The van der Waals surface area contributed by atoms with Crippen molar-refractivity contribution in [2.45, 2.75) is 62.5 Å². The number of hydrogen-bond donors (Lipinski definition) is 0. The van der Waals surface area contributed by atoms with E-state index in [1.54, 1.807) is 0 Å². The van der Waals surface area contributed by atoms with Gasteiger partial charge in [0, 0.05) is 36.5 Å². The average Bonchev–Trinajstić information content (AvgIpc) is 2.88. The predicted molar refractivity (Wildman–Crippen MR) is 127 cm³/mol. The number of ether oxygens (including phenoxy) is 1. The molecule has 5 heteroatoms. The smallest absolute Gasteiger partial charge is 0.410 e. The molecule has 0 bridgehead atoms. The Balaban J connectivity index is 1.47. The molecule has 0 spiro atoms. The fourth-order valence-electron chi connectivity index (χ4n) is 5.29. The molecule has 3 aliphatic heterocycles. The number of likely N-dealkylation sites (tertiary alicyclic amines) is 1. The molecular weight excluding hydrogens is 404 g/mol. The van der Waals surface area contributed by atoms with Gasteiger partial charge in [-0.05, 0) is 68.5 Å². The highest BCUT2D eigenvalue weighted by molar-refractivity contribution is 7.99. The van der Waals surface area contributed by atoms with Gasteiger partial charge < -0.3 is 14.5 Å². The van der Waals surface area contributed by atoms with Crippen LogP contribution in [0.15, 0.2) is 47.4 Å². The van der Waals surface area contributed by atoms with Crippen molar-refractivity contribution in [3.63, 3.8) is 0 Å². The Morgan fingerprint density at radius 3 is 2.71 bits per heavy atom. The van der Waals surface area contributed by atoms with Crippen molar-refractivity contribution >= 4 is 23.5 Å². The largest absolute Gasteiger partial charge is 0.444 e. The van der Waals surface area contributed by atoms with Crippen LogP contribution in [-0.2, 0) is 11.2 Å². The number of nitrogens with zero attached hydrogens (tertiary/aromatic N) is 2. The number of anilines is 1. The Bertz CT molecular complexity index is 969. The third kappa shape index (κ3) is 4.17. The van der Waals surface area contributed by atoms with Crippen molar-refractivity contribution in [1.82, 2.24) is 4.90 Å². The summed E-state index contributed by atoms with van der Waals surface area (Å²) in [6.45, 7) is 8.47. The second-order valence-electron chi connectivity index (χ2n) is 9.98. The molecule has 1 saturated heterocycles. The molecule has 164 valence electrons. The number of amides is 1. The molecule has 1 fully saturated rings. The van der Waals surface area contributed by atoms with E-state index in [1.807, 2.05) is 37.4 Å². The lowest BCUT2D eigenvalue weighted by atomic mass is 9.88. The minimum atomic E-state index is -0.457. The van der Waals surface area contributed by atoms with Gasteiger partial charge in [-0.25, -0.2) is 4.79 Å². The van der Waals surface area contributed by atoms with Gasteiger partial charge in [-0.1, -0.05) is 36.4 Å². The quantitative estimate of drug-likeness (QED) is 0.606. The van der Waals surface area contributed by atoms with Gasteiger partial charge in [-0.2, -0.15) is 0 Å². The highest BCUT2D eigenvalue weighted by atomic mass is 32.2. The van der Waals surface area contributed by atoms with Crippen LogP contribution in [0.5, 0.6) is 0 Å². The van der Waals surface area contributed by atoms with Gasteiger partial charge in [0.1, 0.15) is 5.60 Å². The predicted octanol–water partition coefficient (Wildman–Crippen LogP) is 5.69. The highest BCUT2D eigenvalue weighted by Crippen LogP contribution is 2.51. The maximum Gasteiger partial charge on any atom is 0.410 e. The van der Waals surface area contributed by atoms with Gasteiger partial charge in [0.2, 0.25) is 0 Å². The number of carbonyl (C=O) groups excluding carboxylic acids is 1. The molecule has 0 unspecified atom stereocenters. The topological polar surface area (TPSA) is 32.8 Å². The maximum atomic E-state index is 12.8. The SMILES string of the molecule is CC(C)(C)OC(=O)N1CC[C@H]2[C@@H](C1)c1cc(Cc3ccccc3)cc3c1N2CCCS3. The van der Waals surface area contributed by atoms with Crippen LogP contribution in [0.4, 0.5) is 10.5 Å². The minimum absolute atomic E-state index is 0.173. The van der Waals surface area contributed by atoms with E-state index < -0.39 is 5.60 Å².